The first-order valence-corrected chi connectivity index (χ1v) is 5.33. The minimum Gasteiger partial charge on any atom is -0.330 e. The van der Waals surface area contributed by atoms with E-state index >= 15 is 0 Å². The highest BCUT2D eigenvalue weighted by atomic mass is 79.9. The lowest BCUT2D eigenvalue weighted by Gasteiger charge is -1.93. The van der Waals surface area contributed by atoms with Crippen LogP contribution in [-0.4, -0.2) is 12.3 Å². The fourth-order valence-corrected chi connectivity index (χ4v) is 2.20. The van der Waals surface area contributed by atoms with Crippen LogP contribution in [0.3, 0.4) is 0 Å². The summed E-state index contributed by atoms with van der Waals surface area (Å²) in [6.07, 6.45) is 1.33. The van der Waals surface area contributed by atoms with Gasteiger partial charge in [-0.3, -0.25) is 4.79 Å². The maximum atomic E-state index is 11.4. The Morgan fingerprint density at radius 3 is 2.83 bits per heavy atom. The average Bonchev–Trinajstić information content (AvgIpc) is 2.47. The van der Waals surface area contributed by atoms with Crippen LogP contribution in [0.2, 0.25) is 0 Å². The molecule has 1 rings (SSSR count). The number of carbonyl (C=O) groups is 1. The van der Waals surface area contributed by atoms with E-state index in [1.807, 2.05) is 12.1 Å². The van der Waals surface area contributed by atoms with Gasteiger partial charge in [-0.25, -0.2) is 0 Å². The molecule has 0 spiro atoms. The average molecular weight is 248 g/mol. The maximum Gasteiger partial charge on any atom is 0.172 e. The molecule has 1 heterocycles. The van der Waals surface area contributed by atoms with E-state index in [4.69, 9.17) is 5.73 Å². The lowest BCUT2D eigenvalue weighted by atomic mass is 10.2. The molecular weight excluding hydrogens is 238 g/mol. The molecule has 0 aliphatic carbocycles. The molecule has 12 heavy (non-hydrogen) atoms. The molecule has 0 aliphatic heterocycles. The summed E-state index contributed by atoms with van der Waals surface area (Å²) in [5.74, 6) is 0.191. The minimum atomic E-state index is 0.191. The molecule has 0 unspecified atom stereocenters. The predicted octanol–water partition coefficient (Wildman–Crippen LogP) is 2.43. The molecule has 0 aromatic carbocycles. The Labute approximate surface area is 83.9 Å². The van der Waals surface area contributed by atoms with Crippen molar-refractivity contribution in [2.24, 2.45) is 5.73 Å². The smallest absolute Gasteiger partial charge is 0.172 e. The summed E-state index contributed by atoms with van der Waals surface area (Å²) in [6.45, 7) is 0.582. The van der Waals surface area contributed by atoms with Gasteiger partial charge in [-0.2, -0.15) is 0 Å². The third-order valence-corrected chi connectivity index (χ3v) is 3.12. The fraction of sp³-hybridized carbons (Fsp3) is 0.375. The number of nitrogens with two attached hydrogens (primary N) is 1. The number of carbonyl (C=O) groups excluding carboxylic acids is 1. The van der Waals surface area contributed by atoms with Gasteiger partial charge in [-0.05, 0) is 41.0 Å². The van der Waals surface area contributed by atoms with Gasteiger partial charge in [-0.1, -0.05) is 0 Å². The van der Waals surface area contributed by atoms with Crippen molar-refractivity contribution in [3.05, 3.63) is 20.8 Å². The molecule has 2 N–H and O–H groups in total. The molecule has 0 atom stereocenters. The van der Waals surface area contributed by atoms with Gasteiger partial charge < -0.3 is 5.73 Å². The predicted molar refractivity (Wildman–Crippen MR) is 54.6 cm³/mol. The van der Waals surface area contributed by atoms with Gasteiger partial charge in [0.1, 0.15) is 0 Å². The van der Waals surface area contributed by atoms with Gasteiger partial charge >= 0.3 is 0 Å². The topological polar surface area (TPSA) is 43.1 Å². The van der Waals surface area contributed by atoms with Crippen LogP contribution in [-0.2, 0) is 0 Å². The quantitative estimate of drug-likeness (QED) is 0.831. The number of thiophene rings is 1. The minimum absolute atomic E-state index is 0.191. The van der Waals surface area contributed by atoms with Crippen LogP contribution < -0.4 is 5.73 Å². The van der Waals surface area contributed by atoms with Crippen molar-refractivity contribution >= 4 is 33.0 Å². The summed E-state index contributed by atoms with van der Waals surface area (Å²) < 4.78 is 0.999. The third kappa shape index (κ3) is 2.69. The summed E-state index contributed by atoms with van der Waals surface area (Å²) in [4.78, 5) is 12.2. The molecule has 0 bridgehead atoms. The first-order chi connectivity index (χ1) is 5.74. The zero-order chi connectivity index (χ0) is 8.97. The standard InChI is InChI=1S/C8H10BrNOS/c9-8-4-3-7(12-8)6(11)2-1-5-10/h3-4H,1-2,5,10H2. The van der Waals surface area contributed by atoms with E-state index in [-0.39, 0.29) is 5.78 Å². The maximum absolute atomic E-state index is 11.4. The number of hydrogen-bond acceptors (Lipinski definition) is 3. The second-order valence-corrected chi connectivity index (χ2v) is 4.88. The summed E-state index contributed by atoms with van der Waals surface area (Å²) in [6, 6.07) is 3.73. The second kappa shape index (κ2) is 4.74. The molecule has 0 fully saturated rings. The van der Waals surface area contributed by atoms with Crippen LogP contribution in [0.25, 0.3) is 0 Å². The van der Waals surface area contributed by atoms with Crippen LogP contribution in [0.15, 0.2) is 15.9 Å². The second-order valence-electron chi connectivity index (χ2n) is 2.42. The molecule has 4 heteroatoms. The van der Waals surface area contributed by atoms with Crippen molar-refractivity contribution in [2.75, 3.05) is 6.54 Å². The number of rotatable bonds is 4. The summed E-state index contributed by atoms with van der Waals surface area (Å²) in [5.41, 5.74) is 5.30. The lowest BCUT2D eigenvalue weighted by Crippen LogP contribution is -2.03. The Morgan fingerprint density at radius 2 is 2.33 bits per heavy atom. The number of ketones is 1. The normalized spacial score (nSPS) is 10.2. The fourth-order valence-electron chi connectivity index (χ4n) is 0.850. The molecule has 0 amide bonds. The number of hydrogen-bond donors (Lipinski definition) is 1. The molecule has 0 aliphatic rings. The number of Topliss-reactive ketones (excluding diaryl/α,β-unsaturated/α-hetero) is 1. The van der Waals surface area contributed by atoms with E-state index in [1.165, 1.54) is 11.3 Å². The van der Waals surface area contributed by atoms with Crippen molar-refractivity contribution in [2.45, 2.75) is 12.8 Å². The highest BCUT2D eigenvalue weighted by Gasteiger charge is 2.06. The summed E-state index contributed by atoms with van der Waals surface area (Å²) in [7, 11) is 0. The monoisotopic (exact) mass is 247 g/mol. The van der Waals surface area contributed by atoms with Crippen LogP contribution in [0, 0.1) is 0 Å². The molecule has 1 aromatic rings. The highest BCUT2D eigenvalue weighted by molar-refractivity contribution is 9.11. The molecule has 2 nitrogen and oxygen atoms in total. The van der Waals surface area contributed by atoms with Gasteiger partial charge in [0.25, 0.3) is 0 Å². The van der Waals surface area contributed by atoms with E-state index in [0.29, 0.717) is 13.0 Å². The van der Waals surface area contributed by atoms with E-state index in [2.05, 4.69) is 15.9 Å². The van der Waals surface area contributed by atoms with Crippen molar-refractivity contribution in [1.29, 1.82) is 0 Å². The Kier molecular flexibility index (Phi) is 3.91. The van der Waals surface area contributed by atoms with Gasteiger partial charge in [0.2, 0.25) is 0 Å². The van der Waals surface area contributed by atoms with Gasteiger partial charge in [-0.15, -0.1) is 11.3 Å². The van der Waals surface area contributed by atoms with Crippen LogP contribution in [0.4, 0.5) is 0 Å². The molecular formula is C8H10BrNOS. The van der Waals surface area contributed by atoms with E-state index in [9.17, 15) is 4.79 Å². The molecule has 0 radical (unpaired) electrons. The van der Waals surface area contributed by atoms with Crippen LogP contribution in [0.1, 0.15) is 22.5 Å². The van der Waals surface area contributed by atoms with Crippen LogP contribution >= 0.6 is 27.3 Å². The van der Waals surface area contributed by atoms with Crippen molar-refractivity contribution < 1.29 is 4.79 Å². The Balaban J connectivity index is 2.53. The Bertz CT molecular complexity index is 272. The first-order valence-electron chi connectivity index (χ1n) is 3.72. The Hall–Kier alpha value is -0.190. The highest BCUT2D eigenvalue weighted by Crippen LogP contribution is 2.23. The van der Waals surface area contributed by atoms with Gasteiger partial charge in [0, 0.05) is 6.42 Å². The Morgan fingerprint density at radius 1 is 1.58 bits per heavy atom. The van der Waals surface area contributed by atoms with E-state index in [1.54, 1.807) is 0 Å². The summed E-state index contributed by atoms with van der Waals surface area (Å²) in [5, 5.41) is 0. The lowest BCUT2D eigenvalue weighted by molar-refractivity contribution is 0.0984. The van der Waals surface area contributed by atoms with Crippen molar-refractivity contribution in [1.82, 2.24) is 0 Å². The summed E-state index contributed by atoms with van der Waals surface area (Å²) >= 11 is 4.78. The molecule has 0 saturated carbocycles. The molecule has 0 saturated heterocycles. The van der Waals surface area contributed by atoms with Crippen molar-refractivity contribution in [3.8, 4) is 0 Å². The first kappa shape index (κ1) is 9.89. The zero-order valence-corrected chi connectivity index (χ0v) is 8.95. The van der Waals surface area contributed by atoms with E-state index < -0.39 is 0 Å². The number of halogens is 1. The van der Waals surface area contributed by atoms with Gasteiger partial charge in [0.05, 0.1) is 8.66 Å². The van der Waals surface area contributed by atoms with E-state index in [0.717, 1.165) is 15.1 Å². The zero-order valence-electron chi connectivity index (χ0n) is 6.55. The SMILES string of the molecule is NCCCC(=O)c1ccc(Br)s1. The third-order valence-electron chi connectivity index (χ3n) is 1.46. The van der Waals surface area contributed by atoms with Crippen LogP contribution in [0.5, 0.6) is 0 Å². The van der Waals surface area contributed by atoms with Gasteiger partial charge in [0.15, 0.2) is 5.78 Å². The molecule has 1 aromatic heterocycles. The van der Waals surface area contributed by atoms with Crippen molar-refractivity contribution in [3.63, 3.8) is 0 Å². The largest absolute Gasteiger partial charge is 0.330 e. The molecule has 66 valence electrons.